The van der Waals surface area contributed by atoms with E-state index in [1.165, 1.54) is 6.07 Å². The van der Waals surface area contributed by atoms with E-state index in [0.717, 1.165) is 22.6 Å². The molecule has 1 N–H and O–H groups in total. The van der Waals surface area contributed by atoms with Gasteiger partial charge in [-0.3, -0.25) is 4.79 Å². The van der Waals surface area contributed by atoms with Crippen LogP contribution in [0.3, 0.4) is 0 Å². The fourth-order valence-corrected chi connectivity index (χ4v) is 4.25. The summed E-state index contributed by atoms with van der Waals surface area (Å²) in [4.78, 5) is 11.8. The fraction of sp³-hybridized carbons (Fsp3) is 0.176. The Morgan fingerprint density at radius 2 is 2.00 bits per heavy atom. The normalized spacial score (nSPS) is 11.4. The Kier molecular flexibility index (Phi) is 5.82. The number of nitrogens with one attached hydrogen (secondary N) is 1. The van der Waals surface area contributed by atoms with Crippen molar-refractivity contribution in [3.05, 3.63) is 65.8 Å². The van der Waals surface area contributed by atoms with Gasteiger partial charge in [0.1, 0.15) is 10.8 Å². The molecule has 0 amide bonds. The zero-order chi connectivity index (χ0) is 18.4. The molecule has 1 aromatic carbocycles. The van der Waals surface area contributed by atoms with E-state index in [0.29, 0.717) is 0 Å². The largest absolute Gasteiger partial charge is 0.461 e. The van der Waals surface area contributed by atoms with Gasteiger partial charge in [-0.05, 0) is 35.2 Å². The zero-order valence-electron chi connectivity index (χ0n) is 13.7. The number of benzene rings is 1. The number of thiophene rings is 1. The summed E-state index contributed by atoms with van der Waals surface area (Å²) >= 11 is 1.12. The molecule has 0 aliphatic carbocycles. The van der Waals surface area contributed by atoms with E-state index in [1.54, 1.807) is 22.3 Å². The van der Waals surface area contributed by atoms with E-state index in [9.17, 15) is 13.2 Å². The van der Waals surface area contributed by atoms with Crippen LogP contribution in [0, 0.1) is 0 Å². The lowest BCUT2D eigenvalue weighted by atomic mass is 10.2. The number of rotatable bonds is 8. The molecule has 3 rings (SSSR count). The molecule has 136 valence electrons. The van der Waals surface area contributed by atoms with E-state index in [1.807, 2.05) is 36.5 Å². The van der Waals surface area contributed by atoms with Crippen molar-refractivity contribution in [2.75, 3.05) is 6.54 Å². The summed E-state index contributed by atoms with van der Waals surface area (Å²) in [5, 5.41) is 5.82. The van der Waals surface area contributed by atoms with Crippen molar-refractivity contribution in [2.45, 2.75) is 17.2 Å². The summed E-state index contributed by atoms with van der Waals surface area (Å²) in [6.07, 6.45) is 3.50. The van der Waals surface area contributed by atoms with Crippen molar-refractivity contribution < 1.29 is 17.9 Å². The van der Waals surface area contributed by atoms with Gasteiger partial charge < -0.3 is 4.74 Å². The Hall–Kier alpha value is -2.49. The minimum atomic E-state index is -3.55. The predicted molar refractivity (Wildman–Crippen MR) is 97.5 cm³/mol. The topological polar surface area (TPSA) is 90.3 Å². The number of carbonyl (C=O) groups is 1. The zero-order valence-corrected chi connectivity index (χ0v) is 15.4. The van der Waals surface area contributed by atoms with Crippen LogP contribution >= 0.6 is 11.3 Å². The van der Waals surface area contributed by atoms with Gasteiger partial charge >= 0.3 is 5.97 Å². The third kappa shape index (κ3) is 4.78. The standard InChI is InChI=1S/C17H17N3O4S2/c21-16(8-10-19-26(22,23)17-3-1-12-25-17)24-13-14-4-6-15(7-5-14)20-11-2-9-18-20/h1-7,9,11-12,19H,8,10,13H2. The van der Waals surface area contributed by atoms with Gasteiger partial charge in [-0.15, -0.1) is 11.3 Å². The van der Waals surface area contributed by atoms with E-state index in [4.69, 9.17) is 4.74 Å². The van der Waals surface area contributed by atoms with Gasteiger partial charge in [0.05, 0.1) is 12.1 Å². The quantitative estimate of drug-likeness (QED) is 0.595. The number of aromatic nitrogens is 2. The van der Waals surface area contributed by atoms with Crippen LogP contribution in [0.1, 0.15) is 12.0 Å². The molecule has 7 nitrogen and oxygen atoms in total. The average Bonchev–Trinajstić information content (AvgIpc) is 3.34. The van der Waals surface area contributed by atoms with Crippen molar-refractivity contribution in [3.63, 3.8) is 0 Å². The lowest BCUT2D eigenvalue weighted by molar-refractivity contribution is -0.144. The SMILES string of the molecule is O=C(CCNS(=O)(=O)c1cccs1)OCc1ccc(-n2cccn2)cc1. The number of ether oxygens (including phenoxy) is 1. The average molecular weight is 391 g/mol. The van der Waals surface area contributed by atoms with Crippen LogP contribution in [0.5, 0.6) is 0 Å². The molecular formula is C17H17N3O4S2. The van der Waals surface area contributed by atoms with Crippen LogP contribution in [0.2, 0.25) is 0 Å². The molecule has 0 bridgehead atoms. The minimum absolute atomic E-state index is 0.00268. The Morgan fingerprint density at radius 1 is 1.19 bits per heavy atom. The van der Waals surface area contributed by atoms with Gasteiger partial charge in [0.25, 0.3) is 0 Å². The molecule has 26 heavy (non-hydrogen) atoms. The Balaban J connectivity index is 1.43. The molecule has 2 heterocycles. The van der Waals surface area contributed by atoms with Crippen LogP contribution in [-0.4, -0.2) is 30.7 Å². The van der Waals surface area contributed by atoms with Crippen molar-refractivity contribution >= 4 is 27.3 Å². The first-order chi connectivity index (χ1) is 12.5. The molecular weight excluding hydrogens is 374 g/mol. The van der Waals surface area contributed by atoms with Gasteiger partial charge in [0, 0.05) is 18.9 Å². The molecule has 0 unspecified atom stereocenters. The minimum Gasteiger partial charge on any atom is -0.461 e. The Morgan fingerprint density at radius 3 is 2.65 bits per heavy atom. The van der Waals surface area contributed by atoms with E-state index in [2.05, 4.69) is 9.82 Å². The first-order valence-electron chi connectivity index (χ1n) is 7.82. The lowest BCUT2D eigenvalue weighted by Crippen LogP contribution is -2.26. The highest BCUT2D eigenvalue weighted by Crippen LogP contribution is 2.15. The van der Waals surface area contributed by atoms with Crippen LogP contribution in [0.15, 0.2) is 64.4 Å². The summed E-state index contributed by atoms with van der Waals surface area (Å²) in [6, 6.07) is 12.5. The smallest absolute Gasteiger partial charge is 0.307 e. The summed E-state index contributed by atoms with van der Waals surface area (Å²) in [7, 11) is -3.55. The molecule has 0 atom stereocenters. The molecule has 0 aliphatic heterocycles. The third-order valence-electron chi connectivity index (χ3n) is 3.49. The number of hydrogen-bond acceptors (Lipinski definition) is 6. The van der Waals surface area contributed by atoms with Crippen LogP contribution < -0.4 is 4.72 Å². The monoisotopic (exact) mass is 391 g/mol. The Labute approximate surface area is 155 Å². The number of carbonyl (C=O) groups excluding carboxylic acids is 1. The molecule has 0 saturated carbocycles. The van der Waals surface area contributed by atoms with Crippen LogP contribution in [0.4, 0.5) is 0 Å². The van der Waals surface area contributed by atoms with E-state index >= 15 is 0 Å². The van der Waals surface area contributed by atoms with E-state index in [-0.39, 0.29) is 23.8 Å². The maximum absolute atomic E-state index is 11.9. The maximum atomic E-state index is 11.9. The van der Waals surface area contributed by atoms with Gasteiger partial charge in [-0.2, -0.15) is 5.10 Å². The predicted octanol–water partition coefficient (Wildman–Crippen LogP) is 2.35. The molecule has 0 fully saturated rings. The molecule has 0 saturated heterocycles. The first-order valence-corrected chi connectivity index (χ1v) is 10.2. The van der Waals surface area contributed by atoms with Gasteiger partial charge in [0.15, 0.2) is 0 Å². The summed E-state index contributed by atoms with van der Waals surface area (Å²) in [5.41, 5.74) is 1.75. The van der Waals surface area contributed by atoms with Crippen molar-refractivity contribution in [1.82, 2.24) is 14.5 Å². The van der Waals surface area contributed by atoms with Crippen LogP contribution in [-0.2, 0) is 26.2 Å². The molecule has 0 spiro atoms. The van der Waals surface area contributed by atoms with Crippen molar-refractivity contribution in [3.8, 4) is 5.69 Å². The Bertz CT molecular complexity index is 935. The first kappa shape index (κ1) is 18.3. The second-order valence-electron chi connectivity index (χ2n) is 5.36. The fourth-order valence-electron chi connectivity index (χ4n) is 2.18. The number of esters is 1. The van der Waals surface area contributed by atoms with Crippen molar-refractivity contribution in [1.29, 1.82) is 0 Å². The highest BCUT2D eigenvalue weighted by molar-refractivity contribution is 7.91. The summed E-state index contributed by atoms with van der Waals surface area (Å²) in [5.74, 6) is -0.463. The second-order valence-corrected chi connectivity index (χ2v) is 8.30. The number of sulfonamides is 1. The lowest BCUT2D eigenvalue weighted by Gasteiger charge is -2.07. The second kappa shape index (κ2) is 8.26. The highest BCUT2D eigenvalue weighted by atomic mass is 32.2. The molecule has 0 radical (unpaired) electrons. The highest BCUT2D eigenvalue weighted by Gasteiger charge is 2.15. The van der Waals surface area contributed by atoms with Gasteiger partial charge in [0.2, 0.25) is 10.0 Å². The molecule has 9 heteroatoms. The summed E-state index contributed by atoms with van der Waals surface area (Å²) < 4.78 is 33.4. The maximum Gasteiger partial charge on any atom is 0.307 e. The number of nitrogens with zero attached hydrogens (tertiary/aromatic N) is 2. The van der Waals surface area contributed by atoms with Crippen molar-refractivity contribution in [2.24, 2.45) is 0 Å². The molecule has 3 aromatic rings. The molecule has 0 aliphatic rings. The van der Waals surface area contributed by atoms with Gasteiger partial charge in [-0.1, -0.05) is 18.2 Å². The summed E-state index contributed by atoms with van der Waals surface area (Å²) in [6.45, 7) is 0.132. The van der Waals surface area contributed by atoms with Crippen LogP contribution in [0.25, 0.3) is 5.69 Å². The van der Waals surface area contributed by atoms with E-state index < -0.39 is 16.0 Å². The van der Waals surface area contributed by atoms with Gasteiger partial charge in [-0.25, -0.2) is 17.8 Å². The molecule has 2 aromatic heterocycles. The number of hydrogen-bond donors (Lipinski definition) is 1. The third-order valence-corrected chi connectivity index (χ3v) is 6.34.